The third-order valence-corrected chi connectivity index (χ3v) is 2.47. The van der Waals surface area contributed by atoms with Crippen molar-refractivity contribution in [1.29, 1.82) is 0 Å². The van der Waals surface area contributed by atoms with Gasteiger partial charge in [0.2, 0.25) is 5.60 Å². The molecule has 0 aromatic carbocycles. The van der Waals surface area contributed by atoms with Crippen LogP contribution < -0.4 is 0 Å². The average molecular weight is 258 g/mol. The summed E-state index contributed by atoms with van der Waals surface area (Å²) in [6.07, 6.45) is 2.09. The second-order valence-corrected chi connectivity index (χ2v) is 3.95. The van der Waals surface area contributed by atoms with E-state index in [9.17, 15) is 14.4 Å². The van der Waals surface area contributed by atoms with Gasteiger partial charge in [-0.25, -0.2) is 9.59 Å². The summed E-state index contributed by atoms with van der Waals surface area (Å²) >= 11 is 0. The summed E-state index contributed by atoms with van der Waals surface area (Å²) in [4.78, 5) is 33.1. The smallest absolute Gasteiger partial charge is 0.348 e. The number of ether oxygens (including phenoxy) is 1. The molecule has 2 N–H and O–H groups in total. The number of esters is 1. The molecule has 0 heterocycles. The van der Waals surface area contributed by atoms with Crippen molar-refractivity contribution in [3.63, 3.8) is 0 Å². The number of hydrogen-bond donors (Lipinski definition) is 2. The number of carboxylic acid groups (broad SMARTS) is 2. The monoisotopic (exact) mass is 258 g/mol. The lowest BCUT2D eigenvalue weighted by Gasteiger charge is -2.27. The molecule has 0 aliphatic carbocycles. The van der Waals surface area contributed by atoms with E-state index in [-0.39, 0.29) is 6.42 Å². The first-order chi connectivity index (χ1) is 8.38. The Hall–Kier alpha value is -1.85. The maximum atomic E-state index is 11.2. The summed E-state index contributed by atoms with van der Waals surface area (Å²) in [7, 11) is 0. The maximum Gasteiger partial charge on any atom is 0.348 e. The van der Waals surface area contributed by atoms with E-state index in [0.29, 0.717) is 6.42 Å². The Morgan fingerprint density at radius 3 is 2.28 bits per heavy atom. The van der Waals surface area contributed by atoms with Crippen molar-refractivity contribution in [2.75, 3.05) is 0 Å². The zero-order valence-corrected chi connectivity index (χ0v) is 10.3. The van der Waals surface area contributed by atoms with E-state index in [0.717, 1.165) is 18.9 Å². The highest BCUT2D eigenvalue weighted by atomic mass is 16.6. The topological polar surface area (TPSA) is 101 Å². The predicted molar refractivity (Wildman–Crippen MR) is 63.1 cm³/mol. The molecule has 0 fully saturated rings. The molecule has 0 saturated heterocycles. The molecule has 0 aromatic rings. The van der Waals surface area contributed by atoms with Crippen molar-refractivity contribution >= 4 is 17.9 Å². The fourth-order valence-electron chi connectivity index (χ4n) is 1.54. The summed E-state index contributed by atoms with van der Waals surface area (Å²) in [6, 6.07) is 0. The Balaban J connectivity index is 5.01. The van der Waals surface area contributed by atoms with Crippen LogP contribution in [0.1, 0.15) is 39.0 Å². The molecule has 1 unspecified atom stereocenters. The molecule has 0 bridgehead atoms. The number of carbonyl (C=O) groups is 3. The molecule has 0 aliphatic rings. The van der Waals surface area contributed by atoms with Crippen LogP contribution in [0.5, 0.6) is 0 Å². The van der Waals surface area contributed by atoms with Gasteiger partial charge in [-0.2, -0.15) is 0 Å². The quantitative estimate of drug-likeness (QED) is 0.370. The summed E-state index contributed by atoms with van der Waals surface area (Å²) in [6.45, 7) is 5.09. The van der Waals surface area contributed by atoms with Gasteiger partial charge in [0.05, 0.1) is 6.42 Å². The zero-order chi connectivity index (χ0) is 14.2. The van der Waals surface area contributed by atoms with Gasteiger partial charge in [0.1, 0.15) is 0 Å². The van der Waals surface area contributed by atoms with Crippen LogP contribution in [-0.4, -0.2) is 33.7 Å². The van der Waals surface area contributed by atoms with Gasteiger partial charge in [-0.1, -0.05) is 26.3 Å². The van der Waals surface area contributed by atoms with Crippen molar-refractivity contribution in [3.05, 3.63) is 12.7 Å². The fraction of sp³-hybridized carbons (Fsp3) is 0.583. The van der Waals surface area contributed by atoms with Crippen molar-refractivity contribution in [3.8, 4) is 0 Å². The number of carboxylic acids is 2. The second kappa shape index (κ2) is 7.47. The highest BCUT2D eigenvalue weighted by Crippen LogP contribution is 2.25. The van der Waals surface area contributed by atoms with Crippen molar-refractivity contribution in [1.82, 2.24) is 0 Å². The molecule has 6 nitrogen and oxygen atoms in total. The average Bonchev–Trinajstić information content (AvgIpc) is 2.27. The first-order valence-corrected chi connectivity index (χ1v) is 5.68. The lowest BCUT2D eigenvalue weighted by atomic mass is 9.92. The molecule has 18 heavy (non-hydrogen) atoms. The molecule has 0 radical (unpaired) electrons. The minimum Gasteiger partial charge on any atom is -0.481 e. The molecule has 0 rings (SSSR count). The zero-order valence-electron chi connectivity index (χ0n) is 10.3. The molecule has 0 saturated carbocycles. The van der Waals surface area contributed by atoms with Gasteiger partial charge >= 0.3 is 17.9 Å². The van der Waals surface area contributed by atoms with Gasteiger partial charge in [-0.15, -0.1) is 0 Å². The highest BCUT2D eigenvalue weighted by molar-refractivity contribution is 5.89. The van der Waals surface area contributed by atoms with Crippen LogP contribution in [0.2, 0.25) is 0 Å². The predicted octanol–water partition coefficient (Wildman–Crippen LogP) is 1.59. The summed E-state index contributed by atoms with van der Waals surface area (Å²) < 4.78 is 4.77. The van der Waals surface area contributed by atoms with Crippen LogP contribution >= 0.6 is 0 Å². The van der Waals surface area contributed by atoms with E-state index in [2.05, 4.69) is 6.58 Å². The van der Waals surface area contributed by atoms with Gasteiger partial charge in [-0.05, 0) is 12.8 Å². The van der Waals surface area contributed by atoms with Gasteiger partial charge in [-0.3, -0.25) is 4.79 Å². The summed E-state index contributed by atoms with van der Waals surface area (Å²) in [5.74, 6) is -3.71. The van der Waals surface area contributed by atoms with Gasteiger partial charge in [0.25, 0.3) is 0 Å². The van der Waals surface area contributed by atoms with E-state index in [1.807, 2.05) is 6.92 Å². The molecule has 1 atom stereocenters. The van der Waals surface area contributed by atoms with E-state index < -0.39 is 29.9 Å². The first-order valence-electron chi connectivity index (χ1n) is 5.68. The molecule has 0 amide bonds. The van der Waals surface area contributed by atoms with Crippen LogP contribution in [0.3, 0.4) is 0 Å². The van der Waals surface area contributed by atoms with Crippen LogP contribution in [-0.2, 0) is 19.1 Å². The third-order valence-electron chi connectivity index (χ3n) is 2.47. The Bertz CT molecular complexity index is 335. The standard InChI is InChI=1S/C12H18O6/c1-3-5-6-7-12(11(16)17,8-9(13)14)18-10(15)4-2/h4H,2-3,5-8H2,1H3,(H,13,14)(H,16,17). The van der Waals surface area contributed by atoms with E-state index in [1.54, 1.807) is 0 Å². The number of carbonyl (C=O) groups excluding carboxylic acids is 1. The molecular weight excluding hydrogens is 240 g/mol. The Morgan fingerprint density at radius 2 is 1.89 bits per heavy atom. The third kappa shape index (κ3) is 4.99. The largest absolute Gasteiger partial charge is 0.481 e. The highest BCUT2D eigenvalue weighted by Gasteiger charge is 2.44. The lowest BCUT2D eigenvalue weighted by Crippen LogP contribution is -2.45. The lowest BCUT2D eigenvalue weighted by molar-refractivity contribution is -0.180. The van der Waals surface area contributed by atoms with Crippen molar-refractivity contribution < 1.29 is 29.3 Å². The Labute approximate surface area is 105 Å². The van der Waals surface area contributed by atoms with Crippen LogP contribution in [0, 0.1) is 0 Å². The van der Waals surface area contributed by atoms with Crippen LogP contribution in [0.4, 0.5) is 0 Å². The van der Waals surface area contributed by atoms with Crippen LogP contribution in [0.15, 0.2) is 12.7 Å². The van der Waals surface area contributed by atoms with Crippen molar-refractivity contribution in [2.45, 2.75) is 44.6 Å². The van der Waals surface area contributed by atoms with E-state index in [4.69, 9.17) is 14.9 Å². The SMILES string of the molecule is C=CC(=O)OC(CCCCC)(CC(=O)O)C(=O)O. The summed E-state index contributed by atoms with van der Waals surface area (Å²) in [5.41, 5.74) is -2.01. The van der Waals surface area contributed by atoms with Crippen LogP contribution in [0.25, 0.3) is 0 Å². The number of hydrogen-bond acceptors (Lipinski definition) is 4. The minimum atomic E-state index is -2.01. The van der Waals surface area contributed by atoms with E-state index >= 15 is 0 Å². The van der Waals surface area contributed by atoms with Gasteiger partial charge in [0.15, 0.2) is 0 Å². The molecule has 0 aliphatic heterocycles. The molecule has 0 aromatic heterocycles. The van der Waals surface area contributed by atoms with Gasteiger partial charge < -0.3 is 14.9 Å². The van der Waals surface area contributed by atoms with E-state index in [1.165, 1.54) is 0 Å². The summed E-state index contributed by atoms with van der Waals surface area (Å²) in [5, 5.41) is 17.9. The number of unbranched alkanes of at least 4 members (excludes halogenated alkanes) is 2. The number of rotatable bonds is 9. The minimum absolute atomic E-state index is 0.0257. The first kappa shape index (κ1) is 16.1. The molecule has 102 valence electrons. The van der Waals surface area contributed by atoms with Gasteiger partial charge in [0, 0.05) is 6.08 Å². The normalized spacial score (nSPS) is 13.4. The molecule has 6 heteroatoms. The Morgan fingerprint density at radius 1 is 1.28 bits per heavy atom. The second-order valence-electron chi connectivity index (χ2n) is 3.95. The molecular formula is C12H18O6. The Kier molecular flexibility index (Phi) is 6.70. The maximum absolute atomic E-state index is 11.2. The number of aliphatic carboxylic acids is 2. The fourth-order valence-corrected chi connectivity index (χ4v) is 1.54. The van der Waals surface area contributed by atoms with Crippen molar-refractivity contribution in [2.24, 2.45) is 0 Å². The molecule has 0 spiro atoms.